The predicted molar refractivity (Wildman–Crippen MR) is 68.8 cm³/mol. The van der Waals surface area contributed by atoms with E-state index < -0.39 is 9.84 Å². The lowest BCUT2D eigenvalue weighted by Crippen LogP contribution is -2.32. The lowest BCUT2D eigenvalue weighted by Gasteiger charge is -2.28. The molecule has 3 nitrogen and oxygen atoms in total. The molecule has 2 rings (SSSR count). The van der Waals surface area contributed by atoms with E-state index in [0.29, 0.717) is 11.4 Å². The van der Waals surface area contributed by atoms with E-state index in [1.165, 1.54) is 19.1 Å². The van der Waals surface area contributed by atoms with Gasteiger partial charge in [0.2, 0.25) is 0 Å². The Bertz CT molecular complexity index is 502. The van der Waals surface area contributed by atoms with Crippen molar-refractivity contribution in [2.45, 2.75) is 36.0 Å². The Labute approximate surface area is 103 Å². The van der Waals surface area contributed by atoms with E-state index in [1.807, 2.05) is 12.1 Å². The zero-order valence-corrected chi connectivity index (χ0v) is 11.0. The summed E-state index contributed by atoms with van der Waals surface area (Å²) in [7, 11) is -3.13. The second-order valence-corrected chi connectivity index (χ2v) is 7.01. The molecule has 1 aromatic carbocycles. The van der Waals surface area contributed by atoms with Crippen molar-refractivity contribution < 1.29 is 8.42 Å². The maximum absolute atomic E-state index is 11.6. The van der Waals surface area contributed by atoms with Crippen LogP contribution in [0.25, 0.3) is 0 Å². The lowest BCUT2D eigenvalue weighted by atomic mass is 9.79. The van der Waals surface area contributed by atoms with Crippen LogP contribution in [0.15, 0.2) is 29.2 Å². The third kappa shape index (κ3) is 2.38. The molecule has 4 heteroatoms. The van der Waals surface area contributed by atoms with Crippen LogP contribution in [0.2, 0.25) is 0 Å². The van der Waals surface area contributed by atoms with Crippen LogP contribution in [0.4, 0.5) is 0 Å². The molecule has 17 heavy (non-hydrogen) atoms. The third-order valence-electron chi connectivity index (χ3n) is 3.83. The van der Waals surface area contributed by atoms with Gasteiger partial charge in [0.15, 0.2) is 9.84 Å². The Morgan fingerprint density at radius 1 is 1.29 bits per heavy atom. The molecular formula is C13H19NO2S. The van der Waals surface area contributed by atoms with Gasteiger partial charge in [-0.15, -0.1) is 0 Å². The highest BCUT2D eigenvalue weighted by molar-refractivity contribution is 7.90. The Morgan fingerprint density at radius 3 is 2.47 bits per heavy atom. The number of benzene rings is 1. The molecule has 1 aliphatic rings. The summed E-state index contributed by atoms with van der Waals surface area (Å²) in [5, 5.41) is 0. The Hall–Kier alpha value is -0.870. The smallest absolute Gasteiger partial charge is 0.175 e. The first kappa shape index (κ1) is 12.6. The second-order valence-electron chi connectivity index (χ2n) is 4.99. The summed E-state index contributed by atoms with van der Waals surface area (Å²) in [4.78, 5) is 0.398. The molecule has 0 aromatic heterocycles. The number of hydrogen-bond acceptors (Lipinski definition) is 3. The second kappa shape index (κ2) is 4.42. The lowest BCUT2D eigenvalue weighted by molar-refractivity contribution is 0.452. The highest BCUT2D eigenvalue weighted by atomic mass is 32.2. The van der Waals surface area contributed by atoms with Gasteiger partial charge < -0.3 is 5.73 Å². The van der Waals surface area contributed by atoms with Gasteiger partial charge in [0.25, 0.3) is 0 Å². The molecule has 1 fully saturated rings. The van der Waals surface area contributed by atoms with Crippen LogP contribution in [0.5, 0.6) is 0 Å². The topological polar surface area (TPSA) is 60.2 Å². The summed E-state index contributed by atoms with van der Waals surface area (Å²) in [6, 6.07) is 7.28. The Balaban J connectivity index is 2.46. The maximum atomic E-state index is 11.6. The van der Waals surface area contributed by atoms with E-state index in [1.54, 1.807) is 12.1 Å². The van der Waals surface area contributed by atoms with Crippen molar-refractivity contribution in [1.29, 1.82) is 0 Å². The molecule has 1 aliphatic carbocycles. The van der Waals surface area contributed by atoms with E-state index in [2.05, 4.69) is 0 Å². The fourth-order valence-electron chi connectivity index (χ4n) is 2.72. The largest absolute Gasteiger partial charge is 0.330 e. The zero-order chi connectivity index (χ0) is 12.5. The first-order valence-corrected chi connectivity index (χ1v) is 7.88. The summed E-state index contributed by atoms with van der Waals surface area (Å²) in [5.74, 6) is 0. The van der Waals surface area contributed by atoms with E-state index in [9.17, 15) is 8.42 Å². The number of rotatable bonds is 3. The first-order valence-electron chi connectivity index (χ1n) is 5.99. The van der Waals surface area contributed by atoms with Crippen molar-refractivity contribution >= 4 is 9.84 Å². The standard InChI is InChI=1S/C13H19NO2S/c1-17(15,16)12-6-4-5-11(9-12)13(10-14)7-2-3-8-13/h4-6,9H,2-3,7-8,10,14H2,1H3. The minimum Gasteiger partial charge on any atom is -0.330 e. The molecule has 1 saturated carbocycles. The number of nitrogens with two attached hydrogens (primary N) is 1. The Kier molecular flexibility index (Phi) is 3.27. The summed E-state index contributed by atoms with van der Waals surface area (Å²) >= 11 is 0. The van der Waals surface area contributed by atoms with Crippen LogP contribution in [-0.4, -0.2) is 21.2 Å². The molecule has 0 saturated heterocycles. The summed E-state index contributed by atoms with van der Waals surface area (Å²) in [6.45, 7) is 0.597. The van der Waals surface area contributed by atoms with Gasteiger partial charge in [0.1, 0.15) is 0 Å². The fourth-order valence-corrected chi connectivity index (χ4v) is 3.39. The monoisotopic (exact) mass is 253 g/mol. The van der Waals surface area contributed by atoms with Gasteiger partial charge in [0.05, 0.1) is 4.90 Å². The van der Waals surface area contributed by atoms with Crippen molar-refractivity contribution in [3.05, 3.63) is 29.8 Å². The molecule has 0 heterocycles. The molecule has 0 spiro atoms. The molecule has 0 bridgehead atoms. The fraction of sp³-hybridized carbons (Fsp3) is 0.538. The summed E-state index contributed by atoms with van der Waals surface area (Å²) in [6.07, 6.45) is 5.74. The molecular weight excluding hydrogens is 234 g/mol. The predicted octanol–water partition coefficient (Wildman–Crippen LogP) is 1.86. The van der Waals surface area contributed by atoms with Crippen LogP contribution in [0.1, 0.15) is 31.2 Å². The number of sulfone groups is 1. The van der Waals surface area contributed by atoms with Gasteiger partial charge in [-0.3, -0.25) is 0 Å². The van der Waals surface area contributed by atoms with Crippen molar-refractivity contribution in [3.63, 3.8) is 0 Å². The van der Waals surface area contributed by atoms with Gasteiger partial charge in [-0.05, 0) is 30.5 Å². The van der Waals surface area contributed by atoms with E-state index in [4.69, 9.17) is 5.73 Å². The van der Waals surface area contributed by atoms with Gasteiger partial charge in [0, 0.05) is 18.2 Å². The van der Waals surface area contributed by atoms with Gasteiger partial charge in [-0.25, -0.2) is 8.42 Å². The SMILES string of the molecule is CS(=O)(=O)c1cccc(C2(CN)CCCC2)c1. The highest BCUT2D eigenvalue weighted by Crippen LogP contribution is 2.40. The first-order chi connectivity index (χ1) is 7.98. The summed E-state index contributed by atoms with van der Waals surface area (Å²) < 4.78 is 23.1. The maximum Gasteiger partial charge on any atom is 0.175 e. The van der Waals surface area contributed by atoms with Crippen molar-refractivity contribution in [2.75, 3.05) is 12.8 Å². The van der Waals surface area contributed by atoms with Crippen LogP contribution < -0.4 is 5.73 Å². The molecule has 0 radical (unpaired) electrons. The molecule has 0 amide bonds. The average Bonchev–Trinajstić information content (AvgIpc) is 2.78. The highest BCUT2D eigenvalue weighted by Gasteiger charge is 2.34. The van der Waals surface area contributed by atoms with Gasteiger partial charge in [-0.2, -0.15) is 0 Å². The molecule has 2 N–H and O–H groups in total. The van der Waals surface area contributed by atoms with Crippen molar-refractivity contribution in [1.82, 2.24) is 0 Å². The molecule has 0 unspecified atom stereocenters. The normalized spacial score (nSPS) is 19.4. The van der Waals surface area contributed by atoms with E-state index >= 15 is 0 Å². The van der Waals surface area contributed by atoms with Gasteiger partial charge in [-0.1, -0.05) is 25.0 Å². The Morgan fingerprint density at radius 2 is 1.94 bits per heavy atom. The van der Waals surface area contributed by atoms with Crippen LogP contribution in [0.3, 0.4) is 0 Å². The van der Waals surface area contributed by atoms with Crippen LogP contribution in [-0.2, 0) is 15.3 Å². The number of hydrogen-bond donors (Lipinski definition) is 1. The average molecular weight is 253 g/mol. The molecule has 0 atom stereocenters. The van der Waals surface area contributed by atoms with E-state index in [-0.39, 0.29) is 5.41 Å². The van der Waals surface area contributed by atoms with Crippen LogP contribution >= 0.6 is 0 Å². The quantitative estimate of drug-likeness (QED) is 0.894. The minimum absolute atomic E-state index is 0.000694. The van der Waals surface area contributed by atoms with Crippen molar-refractivity contribution in [2.24, 2.45) is 5.73 Å². The minimum atomic E-state index is -3.13. The van der Waals surface area contributed by atoms with Gasteiger partial charge >= 0.3 is 0 Å². The zero-order valence-electron chi connectivity index (χ0n) is 10.1. The third-order valence-corrected chi connectivity index (χ3v) is 4.94. The summed E-state index contributed by atoms with van der Waals surface area (Å²) in [5.41, 5.74) is 6.99. The molecule has 94 valence electrons. The molecule has 1 aromatic rings. The van der Waals surface area contributed by atoms with Crippen molar-refractivity contribution in [3.8, 4) is 0 Å². The van der Waals surface area contributed by atoms with Crippen LogP contribution in [0, 0.1) is 0 Å². The molecule has 0 aliphatic heterocycles. The van der Waals surface area contributed by atoms with E-state index in [0.717, 1.165) is 18.4 Å².